The maximum Gasteiger partial charge on any atom is 0.266 e. The van der Waals surface area contributed by atoms with E-state index < -0.39 is 12.0 Å². The zero-order valence-electron chi connectivity index (χ0n) is 13.8. The minimum Gasteiger partial charge on any atom is -0.548 e. The molecule has 1 atom stereocenters. The number of rotatable bonds is 4. The van der Waals surface area contributed by atoms with Gasteiger partial charge in [0.2, 0.25) is 0 Å². The highest BCUT2D eigenvalue weighted by Gasteiger charge is 2.39. The quantitative estimate of drug-likeness (QED) is 0.612. The van der Waals surface area contributed by atoms with Crippen LogP contribution in [-0.4, -0.2) is 27.1 Å². The van der Waals surface area contributed by atoms with Gasteiger partial charge in [0.05, 0.1) is 16.9 Å². The van der Waals surface area contributed by atoms with E-state index in [1.807, 2.05) is 42.5 Å². The highest BCUT2D eigenvalue weighted by Crippen LogP contribution is 2.36. The van der Waals surface area contributed by atoms with Crippen molar-refractivity contribution in [2.75, 3.05) is 0 Å². The van der Waals surface area contributed by atoms with Gasteiger partial charge in [-0.3, -0.25) is 9.69 Å². The molecule has 0 unspecified atom stereocenters. The van der Waals surface area contributed by atoms with E-state index in [0.717, 1.165) is 33.0 Å². The van der Waals surface area contributed by atoms with Gasteiger partial charge in [-0.1, -0.05) is 80.3 Å². The van der Waals surface area contributed by atoms with Crippen molar-refractivity contribution in [1.82, 2.24) is 4.90 Å². The Balaban J connectivity index is 2.02. The molecule has 6 heteroatoms. The van der Waals surface area contributed by atoms with Gasteiger partial charge in [0.1, 0.15) is 4.32 Å². The molecule has 4 nitrogen and oxygen atoms in total. The Morgan fingerprint density at radius 2 is 1.88 bits per heavy atom. The van der Waals surface area contributed by atoms with Crippen LogP contribution in [0.5, 0.6) is 0 Å². The minimum absolute atomic E-state index is 0.249. The first-order valence-corrected chi connectivity index (χ1v) is 9.08. The Bertz CT molecular complexity index is 899. The number of aliphatic carboxylic acids is 1. The number of hydrogen-bond donors (Lipinski definition) is 0. The van der Waals surface area contributed by atoms with E-state index in [1.165, 1.54) is 0 Å². The largest absolute Gasteiger partial charge is 0.548 e. The number of amides is 1. The van der Waals surface area contributed by atoms with Crippen LogP contribution in [-0.2, 0) is 9.59 Å². The topological polar surface area (TPSA) is 60.4 Å². The first kappa shape index (κ1) is 17.6. The van der Waals surface area contributed by atoms with E-state index in [1.54, 1.807) is 19.9 Å². The molecule has 3 rings (SSSR count). The van der Waals surface area contributed by atoms with Crippen LogP contribution in [0.25, 0.3) is 16.8 Å². The Morgan fingerprint density at radius 3 is 2.56 bits per heavy atom. The summed E-state index contributed by atoms with van der Waals surface area (Å²) < 4.78 is 0.249. The van der Waals surface area contributed by atoms with Crippen molar-refractivity contribution >= 4 is 57.0 Å². The summed E-state index contributed by atoms with van der Waals surface area (Å²) in [5, 5.41) is 13.6. The van der Waals surface area contributed by atoms with Gasteiger partial charge in [-0.25, -0.2) is 0 Å². The summed E-state index contributed by atoms with van der Waals surface area (Å²) in [4.78, 5) is 25.8. The number of hydrogen-bond acceptors (Lipinski definition) is 5. The van der Waals surface area contributed by atoms with Crippen LogP contribution in [0.3, 0.4) is 0 Å². The molecule has 0 N–H and O–H groups in total. The van der Waals surface area contributed by atoms with Crippen molar-refractivity contribution < 1.29 is 14.7 Å². The molecular formula is C19H16NO3S2-. The molecule has 1 aliphatic rings. The molecule has 0 bridgehead atoms. The first-order chi connectivity index (χ1) is 11.9. The molecule has 128 valence electrons. The predicted molar refractivity (Wildman–Crippen MR) is 103 cm³/mol. The summed E-state index contributed by atoms with van der Waals surface area (Å²) in [5.41, 5.74) is 0.896. The number of nitrogens with zero attached hydrogens (tertiary/aromatic N) is 1. The zero-order chi connectivity index (χ0) is 18.1. The molecule has 0 saturated carbocycles. The van der Waals surface area contributed by atoms with E-state index >= 15 is 0 Å². The smallest absolute Gasteiger partial charge is 0.266 e. The second kappa shape index (κ2) is 6.98. The van der Waals surface area contributed by atoms with Gasteiger partial charge in [-0.2, -0.15) is 0 Å². The van der Waals surface area contributed by atoms with E-state index in [9.17, 15) is 14.7 Å². The lowest BCUT2D eigenvalue weighted by molar-refractivity contribution is -0.311. The Kier molecular flexibility index (Phi) is 4.92. The number of thiocarbonyl (C=S) groups is 1. The molecule has 1 aliphatic heterocycles. The molecular weight excluding hydrogens is 354 g/mol. The molecule has 2 aromatic rings. The normalized spacial score (nSPS) is 17.7. The van der Waals surface area contributed by atoms with Gasteiger partial charge in [-0.05, 0) is 28.3 Å². The number of carboxylic acid groups (broad SMARTS) is 1. The molecule has 0 aromatic heterocycles. The second-order valence-electron chi connectivity index (χ2n) is 6.13. The lowest BCUT2D eigenvalue weighted by Gasteiger charge is -2.30. The molecule has 1 fully saturated rings. The monoisotopic (exact) mass is 370 g/mol. The summed E-state index contributed by atoms with van der Waals surface area (Å²) in [6, 6.07) is 12.7. The van der Waals surface area contributed by atoms with Crippen LogP contribution in [0.2, 0.25) is 0 Å². The molecule has 1 saturated heterocycles. The fraction of sp³-hybridized carbons (Fsp3) is 0.211. The SMILES string of the molecule is CC(C)[C@@H](C(=O)[O-])N1C(=O)/C(=C/c2cccc3ccccc23)SC1=S. The van der Waals surface area contributed by atoms with Crippen molar-refractivity contribution in [1.29, 1.82) is 0 Å². The first-order valence-electron chi connectivity index (χ1n) is 7.86. The van der Waals surface area contributed by atoms with Gasteiger partial charge in [0, 0.05) is 0 Å². The highest BCUT2D eigenvalue weighted by atomic mass is 32.2. The molecule has 25 heavy (non-hydrogen) atoms. The molecule has 0 radical (unpaired) electrons. The van der Waals surface area contributed by atoms with Crippen LogP contribution in [0, 0.1) is 5.92 Å². The number of carboxylic acids is 1. The van der Waals surface area contributed by atoms with Crippen molar-refractivity contribution in [3.63, 3.8) is 0 Å². The van der Waals surface area contributed by atoms with E-state index in [0.29, 0.717) is 4.91 Å². The van der Waals surface area contributed by atoms with Crippen molar-refractivity contribution in [3.8, 4) is 0 Å². The third-order valence-corrected chi connectivity index (χ3v) is 5.42. The molecule has 2 aromatic carbocycles. The molecule has 1 amide bonds. The third kappa shape index (κ3) is 3.32. The number of carbonyl (C=O) groups excluding carboxylic acids is 2. The maximum atomic E-state index is 12.8. The summed E-state index contributed by atoms with van der Waals surface area (Å²) in [6.45, 7) is 3.46. The van der Waals surface area contributed by atoms with E-state index in [-0.39, 0.29) is 16.1 Å². The molecule has 0 aliphatic carbocycles. The Labute approximate surface area is 155 Å². The van der Waals surface area contributed by atoms with Gasteiger partial charge >= 0.3 is 0 Å². The molecule has 0 spiro atoms. The number of thioether (sulfide) groups is 1. The summed E-state index contributed by atoms with van der Waals surface area (Å²) in [5.74, 6) is -1.98. The fourth-order valence-electron chi connectivity index (χ4n) is 2.91. The third-order valence-electron chi connectivity index (χ3n) is 4.08. The van der Waals surface area contributed by atoms with Crippen molar-refractivity contribution in [2.24, 2.45) is 5.92 Å². The van der Waals surface area contributed by atoms with Gasteiger partial charge < -0.3 is 9.90 Å². The zero-order valence-corrected chi connectivity index (χ0v) is 15.4. The summed E-state index contributed by atoms with van der Waals surface area (Å²) >= 11 is 6.38. The second-order valence-corrected chi connectivity index (χ2v) is 7.80. The summed E-state index contributed by atoms with van der Waals surface area (Å²) in [6.07, 6.45) is 1.77. The van der Waals surface area contributed by atoms with Crippen LogP contribution >= 0.6 is 24.0 Å². The average Bonchev–Trinajstić information content (AvgIpc) is 2.83. The van der Waals surface area contributed by atoms with Crippen LogP contribution in [0.15, 0.2) is 47.4 Å². The fourth-order valence-corrected chi connectivity index (χ4v) is 4.23. The van der Waals surface area contributed by atoms with Crippen LogP contribution in [0.4, 0.5) is 0 Å². The number of carbonyl (C=O) groups is 2. The maximum absolute atomic E-state index is 12.8. The lowest BCUT2D eigenvalue weighted by atomic mass is 10.0. The van der Waals surface area contributed by atoms with Crippen LogP contribution < -0.4 is 5.11 Å². The van der Waals surface area contributed by atoms with E-state index in [4.69, 9.17) is 12.2 Å². The Morgan fingerprint density at radius 1 is 1.20 bits per heavy atom. The average molecular weight is 370 g/mol. The number of benzene rings is 2. The van der Waals surface area contributed by atoms with Crippen LogP contribution in [0.1, 0.15) is 19.4 Å². The summed E-state index contributed by atoms with van der Waals surface area (Å²) in [7, 11) is 0. The van der Waals surface area contributed by atoms with Crippen molar-refractivity contribution in [2.45, 2.75) is 19.9 Å². The van der Waals surface area contributed by atoms with Gasteiger partial charge in [0.15, 0.2) is 0 Å². The lowest BCUT2D eigenvalue weighted by Crippen LogP contribution is -2.52. The van der Waals surface area contributed by atoms with Crippen molar-refractivity contribution in [3.05, 3.63) is 52.9 Å². The minimum atomic E-state index is -1.29. The highest BCUT2D eigenvalue weighted by molar-refractivity contribution is 8.26. The van der Waals surface area contributed by atoms with Gasteiger partial charge in [-0.15, -0.1) is 0 Å². The van der Waals surface area contributed by atoms with Gasteiger partial charge in [0.25, 0.3) is 5.91 Å². The predicted octanol–water partition coefficient (Wildman–Crippen LogP) is 2.82. The molecule has 1 heterocycles. The Hall–Kier alpha value is -2.18. The van der Waals surface area contributed by atoms with E-state index in [2.05, 4.69) is 0 Å². The standard InChI is InChI=1S/C19H17NO3S2/c1-11(2)16(18(22)23)20-17(21)15(25-19(20)24)10-13-8-5-7-12-6-3-4-9-14(12)13/h3-11,16H,1-2H3,(H,22,23)/p-1/b15-10-/t16-/m0/s1. The number of fused-ring (bicyclic) bond motifs is 1.